The number of carboxylic acid groups (broad SMARTS) is 1. The lowest BCUT2D eigenvalue weighted by atomic mass is 9.92. The first kappa shape index (κ1) is 31.5. The number of rotatable bonds is 11. The fourth-order valence-corrected chi connectivity index (χ4v) is 5.24. The monoisotopic (exact) mass is 570 g/mol. The number of alkyl carbamates (subject to hydrolysis) is 1. The molecule has 40 heavy (non-hydrogen) atoms. The molecule has 1 atom stereocenters. The van der Waals surface area contributed by atoms with Crippen molar-refractivity contribution in [2.24, 2.45) is 0 Å². The Hall–Kier alpha value is -3.04. The minimum Gasteiger partial charge on any atom is -0.480 e. The fraction of sp³-hybridized carbons (Fsp3) is 0.516. The number of carbonyl (C=O) groups excluding carboxylic acids is 2. The number of carboxylic acids is 1. The van der Waals surface area contributed by atoms with Crippen LogP contribution in [-0.2, 0) is 20.9 Å². The van der Waals surface area contributed by atoms with E-state index in [1.165, 1.54) is 0 Å². The highest BCUT2D eigenvalue weighted by Crippen LogP contribution is 2.30. The molecule has 0 bridgehead atoms. The maximum absolute atomic E-state index is 13.3. The van der Waals surface area contributed by atoms with Gasteiger partial charge >= 0.3 is 12.1 Å². The Morgan fingerprint density at radius 1 is 1.05 bits per heavy atom. The summed E-state index contributed by atoms with van der Waals surface area (Å²) in [6, 6.07) is 12.5. The first-order valence-electron chi connectivity index (χ1n) is 13.8. The molecule has 3 N–H and O–H groups in total. The van der Waals surface area contributed by atoms with Crippen LogP contribution in [0.15, 0.2) is 42.5 Å². The number of hydrogen-bond donors (Lipinski definition) is 3. The molecule has 0 spiro atoms. The number of aryl methyl sites for hydroxylation is 1. The lowest BCUT2D eigenvalue weighted by molar-refractivity contribution is -0.139. The zero-order valence-electron chi connectivity index (χ0n) is 24.1. The number of aliphatic carboxylic acids is 1. The van der Waals surface area contributed by atoms with E-state index in [9.17, 15) is 19.5 Å². The molecule has 0 saturated heterocycles. The number of ether oxygens (including phenoxy) is 2. The van der Waals surface area contributed by atoms with E-state index in [4.69, 9.17) is 9.47 Å². The van der Waals surface area contributed by atoms with E-state index in [-0.39, 0.29) is 18.2 Å². The van der Waals surface area contributed by atoms with Crippen molar-refractivity contribution >= 4 is 29.7 Å². The van der Waals surface area contributed by atoms with Crippen molar-refractivity contribution in [1.82, 2.24) is 10.6 Å². The van der Waals surface area contributed by atoms with Gasteiger partial charge in [-0.05, 0) is 106 Å². The lowest BCUT2D eigenvalue weighted by Crippen LogP contribution is -2.41. The van der Waals surface area contributed by atoms with Crippen LogP contribution in [0.25, 0.3) is 11.1 Å². The number of thioether (sulfide) groups is 1. The highest BCUT2D eigenvalue weighted by molar-refractivity contribution is 7.98. The smallest absolute Gasteiger partial charge is 0.407 e. The van der Waals surface area contributed by atoms with Crippen LogP contribution in [0, 0.1) is 6.92 Å². The molecule has 2 aromatic rings. The van der Waals surface area contributed by atoms with Gasteiger partial charge in [0.15, 0.2) is 0 Å². The molecular formula is C31H42N2O6S. The topological polar surface area (TPSA) is 114 Å². The van der Waals surface area contributed by atoms with E-state index in [1.54, 1.807) is 17.8 Å². The molecule has 8 nitrogen and oxygen atoms in total. The quantitative estimate of drug-likeness (QED) is 0.306. The molecule has 0 radical (unpaired) electrons. The predicted molar refractivity (Wildman–Crippen MR) is 159 cm³/mol. The standard InChI is InChI=1S/C31H42N2O6S/c1-20-8-6-7-9-24(20)26-18-21(10-15-25(26)28(34)33-27(29(35)36)16-17-40-5)19-38-23-13-11-22(12-14-23)32-30(37)39-31(2,3)4/h6-10,15,18,22-23,27H,11-14,16-17,19H2,1-5H3,(H,32,37)(H,33,34)(H,35,36). The second-order valence-corrected chi connectivity index (χ2v) is 12.3. The minimum absolute atomic E-state index is 0.0747. The summed E-state index contributed by atoms with van der Waals surface area (Å²) in [5.74, 6) is -0.812. The van der Waals surface area contributed by atoms with Crippen molar-refractivity contribution in [3.05, 3.63) is 59.2 Å². The van der Waals surface area contributed by atoms with Gasteiger partial charge < -0.3 is 25.2 Å². The molecule has 1 unspecified atom stereocenters. The van der Waals surface area contributed by atoms with Crippen molar-refractivity contribution in [2.75, 3.05) is 12.0 Å². The molecule has 1 saturated carbocycles. The maximum atomic E-state index is 13.3. The SMILES string of the molecule is CSCCC(NC(=O)c1ccc(COC2CCC(NC(=O)OC(C)(C)C)CC2)cc1-c1ccccc1C)C(=O)O. The molecule has 0 aromatic heterocycles. The van der Waals surface area contributed by atoms with Crippen LogP contribution in [0.2, 0.25) is 0 Å². The van der Waals surface area contributed by atoms with E-state index in [1.807, 2.05) is 70.3 Å². The molecule has 218 valence electrons. The normalized spacial score (nSPS) is 18.0. The third-order valence-corrected chi connectivity index (χ3v) is 7.50. The molecule has 0 aliphatic heterocycles. The van der Waals surface area contributed by atoms with Crippen molar-refractivity contribution in [3.63, 3.8) is 0 Å². The number of benzene rings is 2. The molecule has 1 aliphatic carbocycles. The third kappa shape index (κ3) is 9.55. The number of amides is 2. The Bertz CT molecular complexity index is 1170. The average molecular weight is 571 g/mol. The van der Waals surface area contributed by atoms with Crippen molar-refractivity contribution in [1.29, 1.82) is 0 Å². The Kier molecular flexibility index (Phi) is 11.5. The summed E-state index contributed by atoms with van der Waals surface area (Å²) in [7, 11) is 0. The zero-order chi connectivity index (χ0) is 29.3. The first-order valence-corrected chi connectivity index (χ1v) is 15.2. The Morgan fingerprint density at radius 3 is 2.38 bits per heavy atom. The number of carbonyl (C=O) groups is 3. The maximum Gasteiger partial charge on any atom is 0.407 e. The Morgan fingerprint density at radius 2 is 1.75 bits per heavy atom. The van der Waals surface area contributed by atoms with Crippen LogP contribution in [0.5, 0.6) is 0 Å². The van der Waals surface area contributed by atoms with E-state index < -0.39 is 23.5 Å². The summed E-state index contributed by atoms with van der Waals surface area (Å²) in [6.07, 6.45) is 5.25. The van der Waals surface area contributed by atoms with Gasteiger partial charge in [0.1, 0.15) is 11.6 Å². The van der Waals surface area contributed by atoms with Crippen LogP contribution < -0.4 is 10.6 Å². The summed E-state index contributed by atoms with van der Waals surface area (Å²) >= 11 is 1.54. The van der Waals surface area contributed by atoms with E-state index in [0.717, 1.165) is 47.9 Å². The third-order valence-electron chi connectivity index (χ3n) is 6.86. The van der Waals surface area contributed by atoms with Crippen molar-refractivity contribution < 1.29 is 29.0 Å². The van der Waals surface area contributed by atoms with Gasteiger partial charge in [-0.25, -0.2) is 9.59 Å². The Labute approximate surface area is 241 Å². The summed E-state index contributed by atoms with van der Waals surface area (Å²) in [5, 5.41) is 15.3. The van der Waals surface area contributed by atoms with Gasteiger partial charge in [-0.15, -0.1) is 0 Å². The number of hydrogen-bond acceptors (Lipinski definition) is 6. The molecular weight excluding hydrogens is 528 g/mol. The molecule has 2 amide bonds. The van der Waals surface area contributed by atoms with Gasteiger partial charge in [0, 0.05) is 11.6 Å². The largest absolute Gasteiger partial charge is 0.480 e. The average Bonchev–Trinajstić information content (AvgIpc) is 2.89. The van der Waals surface area contributed by atoms with Gasteiger partial charge in [-0.3, -0.25) is 4.79 Å². The summed E-state index contributed by atoms with van der Waals surface area (Å²) in [6.45, 7) is 7.92. The van der Waals surface area contributed by atoms with Crippen LogP contribution in [0.3, 0.4) is 0 Å². The van der Waals surface area contributed by atoms with Crippen LogP contribution in [-0.4, -0.2) is 58.9 Å². The summed E-state index contributed by atoms with van der Waals surface area (Å²) < 4.78 is 11.6. The second kappa shape index (κ2) is 14.6. The van der Waals surface area contributed by atoms with Crippen LogP contribution in [0.1, 0.15) is 74.4 Å². The molecule has 0 heterocycles. The summed E-state index contributed by atoms with van der Waals surface area (Å²) in [5.41, 5.74) is 3.52. The minimum atomic E-state index is -1.04. The zero-order valence-corrected chi connectivity index (χ0v) is 24.9. The lowest BCUT2D eigenvalue weighted by Gasteiger charge is -2.30. The van der Waals surface area contributed by atoms with Gasteiger partial charge in [-0.1, -0.05) is 30.3 Å². The molecule has 1 aliphatic rings. The van der Waals surface area contributed by atoms with Gasteiger partial charge in [0.05, 0.1) is 12.7 Å². The van der Waals surface area contributed by atoms with Gasteiger partial charge in [0.2, 0.25) is 0 Å². The highest BCUT2D eigenvalue weighted by atomic mass is 32.2. The Balaban J connectivity index is 1.68. The van der Waals surface area contributed by atoms with Crippen LogP contribution >= 0.6 is 11.8 Å². The highest BCUT2D eigenvalue weighted by Gasteiger charge is 2.26. The molecule has 3 rings (SSSR count). The van der Waals surface area contributed by atoms with E-state index in [0.29, 0.717) is 24.3 Å². The predicted octanol–water partition coefficient (Wildman–Crippen LogP) is 5.95. The summed E-state index contributed by atoms with van der Waals surface area (Å²) in [4.78, 5) is 37.1. The van der Waals surface area contributed by atoms with Gasteiger partial charge in [0.25, 0.3) is 5.91 Å². The fourth-order valence-electron chi connectivity index (χ4n) is 4.77. The molecule has 1 fully saturated rings. The second-order valence-electron chi connectivity index (χ2n) is 11.3. The van der Waals surface area contributed by atoms with Crippen LogP contribution in [0.4, 0.5) is 4.79 Å². The molecule has 2 aromatic carbocycles. The van der Waals surface area contributed by atoms with Crippen molar-refractivity contribution in [2.45, 2.75) is 90.2 Å². The van der Waals surface area contributed by atoms with Crippen molar-refractivity contribution in [3.8, 4) is 11.1 Å². The van der Waals surface area contributed by atoms with Gasteiger partial charge in [-0.2, -0.15) is 11.8 Å². The number of nitrogens with one attached hydrogen (secondary N) is 2. The van der Waals surface area contributed by atoms with E-state index in [2.05, 4.69) is 10.6 Å². The molecule has 9 heteroatoms. The first-order chi connectivity index (χ1) is 19.0. The van der Waals surface area contributed by atoms with E-state index >= 15 is 0 Å².